The summed E-state index contributed by atoms with van der Waals surface area (Å²) >= 11 is 1.37. The average molecular weight is 268 g/mol. The molecule has 18 heavy (non-hydrogen) atoms. The minimum atomic E-state index is 0.0198. The summed E-state index contributed by atoms with van der Waals surface area (Å²) in [6.45, 7) is 5.17. The van der Waals surface area contributed by atoms with Crippen LogP contribution in [0, 0.1) is 0 Å². The number of carbonyl (C=O) groups is 1. The van der Waals surface area contributed by atoms with E-state index in [-0.39, 0.29) is 5.91 Å². The normalized spacial score (nSPS) is 17.8. The third-order valence-electron chi connectivity index (χ3n) is 3.27. The van der Waals surface area contributed by atoms with Crippen LogP contribution in [0.2, 0.25) is 0 Å². The van der Waals surface area contributed by atoms with Gasteiger partial charge in [0.2, 0.25) is 5.91 Å². The summed E-state index contributed by atoms with van der Waals surface area (Å²) in [6.07, 6.45) is 2.87. The first-order chi connectivity index (χ1) is 8.65. The number of nitrogen functional groups attached to an aromatic ring is 1. The van der Waals surface area contributed by atoms with Gasteiger partial charge in [-0.05, 0) is 32.9 Å². The lowest BCUT2D eigenvalue weighted by molar-refractivity contribution is -0.120. The Kier molecular flexibility index (Phi) is 4.54. The van der Waals surface area contributed by atoms with E-state index in [9.17, 15) is 4.79 Å². The molecule has 1 aliphatic rings. The van der Waals surface area contributed by atoms with Crippen LogP contribution in [0.4, 0.5) is 5.13 Å². The molecular weight excluding hydrogens is 248 g/mol. The number of anilines is 1. The van der Waals surface area contributed by atoms with Gasteiger partial charge in [-0.2, -0.15) is 0 Å². The monoisotopic (exact) mass is 268 g/mol. The summed E-state index contributed by atoms with van der Waals surface area (Å²) in [5.41, 5.74) is 6.28. The minimum Gasteiger partial charge on any atom is -0.375 e. The van der Waals surface area contributed by atoms with Crippen LogP contribution in [-0.2, 0) is 11.2 Å². The molecule has 1 aromatic heterocycles. The van der Waals surface area contributed by atoms with Gasteiger partial charge in [-0.1, -0.05) is 0 Å². The number of hydrogen-bond donors (Lipinski definition) is 2. The molecule has 1 amide bonds. The van der Waals surface area contributed by atoms with Crippen molar-refractivity contribution in [3.05, 3.63) is 11.1 Å². The molecule has 1 saturated heterocycles. The van der Waals surface area contributed by atoms with Crippen LogP contribution in [0.5, 0.6) is 0 Å². The number of nitrogens with two attached hydrogens (primary N) is 1. The molecule has 5 nitrogen and oxygen atoms in total. The summed E-state index contributed by atoms with van der Waals surface area (Å²) in [6, 6.07) is 0.414. The maximum Gasteiger partial charge on any atom is 0.226 e. The molecule has 0 aromatic carbocycles. The van der Waals surface area contributed by atoms with Crippen molar-refractivity contribution < 1.29 is 4.79 Å². The molecule has 100 valence electrons. The van der Waals surface area contributed by atoms with Crippen LogP contribution in [0.15, 0.2) is 5.38 Å². The van der Waals surface area contributed by atoms with Crippen molar-refractivity contribution in [3.63, 3.8) is 0 Å². The van der Waals surface area contributed by atoms with E-state index in [2.05, 4.69) is 22.1 Å². The van der Waals surface area contributed by atoms with Crippen LogP contribution in [0.1, 0.15) is 25.5 Å². The second-order valence-corrected chi connectivity index (χ2v) is 5.64. The highest BCUT2D eigenvalue weighted by Crippen LogP contribution is 2.12. The second kappa shape index (κ2) is 6.15. The third-order valence-corrected chi connectivity index (χ3v) is 3.99. The largest absolute Gasteiger partial charge is 0.375 e. The molecule has 0 saturated carbocycles. The Balaban J connectivity index is 1.71. The van der Waals surface area contributed by atoms with Crippen LogP contribution >= 0.6 is 11.3 Å². The molecule has 1 aliphatic heterocycles. The molecule has 0 spiro atoms. The van der Waals surface area contributed by atoms with Gasteiger partial charge in [-0.25, -0.2) is 4.98 Å². The van der Waals surface area contributed by atoms with Crippen LogP contribution < -0.4 is 11.1 Å². The Morgan fingerprint density at radius 1 is 1.61 bits per heavy atom. The highest BCUT2D eigenvalue weighted by atomic mass is 32.1. The first kappa shape index (κ1) is 13.3. The van der Waals surface area contributed by atoms with Gasteiger partial charge in [-0.3, -0.25) is 9.69 Å². The quantitative estimate of drug-likeness (QED) is 0.831. The molecule has 1 fully saturated rings. The van der Waals surface area contributed by atoms with Crippen molar-refractivity contribution in [3.8, 4) is 0 Å². The fourth-order valence-electron chi connectivity index (χ4n) is 2.20. The molecule has 1 aromatic rings. The summed E-state index contributed by atoms with van der Waals surface area (Å²) in [7, 11) is 0. The Hall–Kier alpha value is -1.14. The summed E-state index contributed by atoms with van der Waals surface area (Å²) in [5.74, 6) is 0.0198. The van der Waals surface area contributed by atoms with Crippen molar-refractivity contribution in [2.75, 3.05) is 25.4 Å². The van der Waals surface area contributed by atoms with E-state index >= 15 is 0 Å². The van der Waals surface area contributed by atoms with Crippen LogP contribution in [0.25, 0.3) is 0 Å². The standard InChI is InChI=1S/C12H20N4OS/c1-9(16-4-2-3-5-16)7-14-11(17)6-10-8-18-12(13)15-10/h8-9H,2-7H2,1H3,(H2,13,15)(H,14,17). The smallest absolute Gasteiger partial charge is 0.226 e. The number of rotatable bonds is 5. The number of likely N-dealkylation sites (tertiary alicyclic amines) is 1. The zero-order chi connectivity index (χ0) is 13.0. The van der Waals surface area contributed by atoms with Gasteiger partial charge in [0.05, 0.1) is 12.1 Å². The number of nitrogens with one attached hydrogen (secondary N) is 1. The molecule has 2 rings (SSSR count). The molecule has 0 radical (unpaired) electrons. The van der Waals surface area contributed by atoms with Gasteiger partial charge >= 0.3 is 0 Å². The van der Waals surface area contributed by atoms with Crippen molar-refractivity contribution in [1.82, 2.24) is 15.2 Å². The van der Waals surface area contributed by atoms with E-state index in [4.69, 9.17) is 5.73 Å². The Bertz CT molecular complexity index is 401. The van der Waals surface area contributed by atoms with Crippen LogP contribution in [0.3, 0.4) is 0 Å². The van der Waals surface area contributed by atoms with Crippen molar-refractivity contribution in [1.29, 1.82) is 0 Å². The number of amides is 1. The highest BCUT2D eigenvalue weighted by Gasteiger charge is 2.18. The van der Waals surface area contributed by atoms with E-state index < -0.39 is 0 Å². The van der Waals surface area contributed by atoms with Gasteiger partial charge in [0.15, 0.2) is 5.13 Å². The van der Waals surface area contributed by atoms with E-state index in [1.54, 1.807) is 0 Å². The SMILES string of the molecule is CC(CNC(=O)Cc1csc(N)n1)N1CCCC1. The van der Waals surface area contributed by atoms with E-state index in [0.29, 0.717) is 24.1 Å². The van der Waals surface area contributed by atoms with Crippen molar-refractivity contribution in [2.24, 2.45) is 0 Å². The predicted molar refractivity (Wildman–Crippen MR) is 73.5 cm³/mol. The van der Waals surface area contributed by atoms with Gasteiger partial charge < -0.3 is 11.1 Å². The maximum absolute atomic E-state index is 11.7. The number of nitrogens with zero attached hydrogens (tertiary/aromatic N) is 2. The van der Waals surface area contributed by atoms with Crippen LogP contribution in [-0.4, -0.2) is 41.5 Å². The van der Waals surface area contributed by atoms with Gasteiger partial charge in [0.25, 0.3) is 0 Å². The van der Waals surface area contributed by atoms with Gasteiger partial charge in [-0.15, -0.1) is 11.3 Å². The first-order valence-corrected chi connectivity index (χ1v) is 7.24. The lowest BCUT2D eigenvalue weighted by atomic mass is 10.2. The summed E-state index contributed by atoms with van der Waals surface area (Å²) in [4.78, 5) is 18.2. The summed E-state index contributed by atoms with van der Waals surface area (Å²) in [5, 5.41) is 5.31. The Labute approximate surface area is 111 Å². The van der Waals surface area contributed by atoms with Gasteiger partial charge in [0, 0.05) is 18.0 Å². The number of carbonyl (C=O) groups excluding carboxylic acids is 1. The lowest BCUT2D eigenvalue weighted by Crippen LogP contribution is -2.41. The summed E-state index contributed by atoms with van der Waals surface area (Å²) < 4.78 is 0. The van der Waals surface area contributed by atoms with Crippen molar-refractivity contribution in [2.45, 2.75) is 32.2 Å². The Morgan fingerprint density at radius 2 is 2.33 bits per heavy atom. The second-order valence-electron chi connectivity index (χ2n) is 4.75. The molecule has 0 aliphatic carbocycles. The van der Waals surface area contributed by atoms with E-state index in [0.717, 1.165) is 18.8 Å². The van der Waals surface area contributed by atoms with E-state index in [1.165, 1.54) is 24.2 Å². The topological polar surface area (TPSA) is 71.2 Å². The minimum absolute atomic E-state index is 0.0198. The predicted octanol–water partition coefficient (Wildman–Crippen LogP) is 0.868. The zero-order valence-electron chi connectivity index (χ0n) is 10.7. The zero-order valence-corrected chi connectivity index (χ0v) is 11.5. The fraction of sp³-hybridized carbons (Fsp3) is 0.667. The maximum atomic E-state index is 11.7. The molecule has 1 atom stereocenters. The van der Waals surface area contributed by atoms with E-state index in [1.807, 2.05) is 5.38 Å². The Morgan fingerprint density at radius 3 is 2.94 bits per heavy atom. The first-order valence-electron chi connectivity index (χ1n) is 6.36. The highest BCUT2D eigenvalue weighted by molar-refractivity contribution is 7.13. The molecule has 3 N–H and O–H groups in total. The number of hydrogen-bond acceptors (Lipinski definition) is 5. The average Bonchev–Trinajstić information content (AvgIpc) is 2.97. The lowest BCUT2D eigenvalue weighted by Gasteiger charge is -2.23. The molecule has 1 unspecified atom stereocenters. The molecule has 6 heteroatoms. The fourth-order valence-corrected chi connectivity index (χ4v) is 2.77. The molecule has 2 heterocycles. The number of aromatic nitrogens is 1. The molecular formula is C12H20N4OS. The number of thiazole rings is 1. The molecule has 0 bridgehead atoms. The third kappa shape index (κ3) is 3.68. The van der Waals surface area contributed by atoms with Crippen molar-refractivity contribution >= 4 is 22.4 Å². The van der Waals surface area contributed by atoms with Gasteiger partial charge in [0.1, 0.15) is 0 Å².